The van der Waals surface area contributed by atoms with Crippen molar-refractivity contribution in [3.05, 3.63) is 85.5 Å². The molecule has 9 nitrogen and oxygen atoms in total. The first kappa shape index (κ1) is 34.4. The van der Waals surface area contributed by atoms with E-state index in [0.717, 1.165) is 32.1 Å². The van der Waals surface area contributed by atoms with Gasteiger partial charge in [-0.3, -0.25) is 14.4 Å². The Morgan fingerprint density at radius 3 is 2.38 bits per heavy atom. The summed E-state index contributed by atoms with van der Waals surface area (Å²) in [4.78, 5) is 49.6. The summed E-state index contributed by atoms with van der Waals surface area (Å²) in [5, 5.41) is 10.9. The van der Waals surface area contributed by atoms with Gasteiger partial charge in [-0.15, -0.1) is 13.2 Å². The maximum absolute atomic E-state index is 15.1. The Hall–Kier alpha value is -3.47. The molecule has 3 aliphatic heterocycles. The van der Waals surface area contributed by atoms with Crippen LogP contribution in [0.25, 0.3) is 0 Å². The number of aliphatic hydroxyl groups excluding tert-OH is 1. The summed E-state index contributed by atoms with van der Waals surface area (Å²) >= 11 is 3.81. The number of nitrogens with zero attached hydrogens (tertiary/aromatic N) is 3. The molecule has 0 radical (unpaired) electrons. The highest BCUT2D eigenvalue weighted by Gasteiger charge is 2.77. The van der Waals surface area contributed by atoms with E-state index < -0.39 is 35.6 Å². The largest absolute Gasteiger partial charge is 0.494 e. The molecule has 2 bridgehead atoms. The van der Waals surface area contributed by atoms with Crippen LogP contribution >= 0.6 is 15.9 Å². The lowest BCUT2D eigenvalue weighted by Crippen LogP contribution is -2.59. The summed E-state index contributed by atoms with van der Waals surface area (Å²) in [7, 11) is 0. The molecule has 2 aromatic rings. The van der Waals surface area contributed by atoms with Gasteiger partial charge in [0.05, 0.1) is 37.2 Å². The predicted molar refractivity (Wildman–Crippen MR) is 188 cm³/mol. The molecule has 4 fully saturated rings. The maximum Gasteiger partial charge on any atom is 0.248 e. The number of hydrogen-bond donors (Lipinski definition) is 1. The highest BCUT2D eigenvalue weighted by molar-refractivity contribution is 9.09. The van der Waals surface area contributed by atoms with Gasteiger partial charge >= 0.3 is 0 Å². The van der Waals surface area contributed by atoms with Gasteiger partial charge in [0.25, 0.3) is 0 Å². The third-order valence-electron chi connectivity index (χ3n) is 10.6. The van der Waals surface area contributed by atoms with Gasteiger partial charge in [0.1, 0.15) is 17.4 Å². The molecule has 1 N–H and O–H groups in total. The van der Waals surface area contributed by atoms with Gasteiger partial charge in [0, 0.05) is 29.6 Å². The van der Waals surface area contributed by atoms with Crippen LogP contribution in [0.4, 0.5) is 5.69 Å². The number of halogens is 1. The predicted octanol–water partition coefficient (Wildman–Crippen LogP) is 5.43. The van der Waals surface area contributed by atoms with Crippen molar-refractivity contribution in [2.45, 2.75) is 80.1 Å². The van der Waals surface area contributed by atoms with E-state index in [1.54, 1.807) is 22.0 Å². The molecule has 0 aromatic heterocycles. The molecule has 3 saturated heterocycles. The second-order valence-corrected chi connectivity index (χ2v) is 14.4. The Balaban J connectivity index is 1.44. The minimum absolute atomic E-state index is 0.0134. The van der Waals surface area contributed by atoms with Crippen LogP contribution in [-0.2, 0) is 19.1 Å². The normalized spacial score (nSPS) is 28.5. The lowest BCUT2D eigenvalue weighted by Gasteiger charge is -2.42. The van der Waals surface area contributed by atoms with Gasteiger partial charge in [-0.05, 0) is 56.0 Å². The third kappa shape index (κ3) is 5.90. The molecule has 1 spiro atoms. The van der Waals surface area contributed by atoms with Crippen molar-refractivity contribution in [1.82, 2.24) is 9.80 Å². The molecule has 3 heterocycles. The molecule has 1 aliphatic carbocycles. The Morgan fingerprint density at radius 2 is 1.75 bits per heavy atom. The van der Waals surface area contributed by atoms with Gasteiger partial charge in [0.2, 0.25) is 17.7 Å². The number of rotatable bonds is 13. The van der Waals surface area contributed by atoms with E-state index in [0.29, 0.717) is 36.6 Å². The van der Waals surface area contributed by atoms with Crippen LogP contribution in [0, 0.1) is 11.8 Å². The van der Waals surface area contributed by atoms with Crippen LogP contribution in [0.3, 0.4) is 0 Å². The topological polar surface area (TPSA) is 99.6 Å². The number of ether oxygens (including phenoxy) is 2. The molecular formula is C38H46BrN3O6. The van der Waals surface area contributed by atoms with Crippen LogP contribution in [0.5, 0.6) is 5.75 Å². The number of likely N-dealkylation sites (tertiary alicyclic amines) is 1. The van der Waals surface area contributed by atoms with E-state index in [2.05, 4.69) is 29.1 Å². The minimum Gasteiger partial charge on any atom is -0.494 e. The van der Waals surface area contributed by atoms with Crippen LogP contribution in [0.2, 0.25) is 0 Å². The van der Waals surface area contributed by atoms with Crippen molar-refractivity contribution in [1.29, 1.82) is 0 Å². The van der Waals surface area contributed by atoms with E-state index in [1.807, 2.05) is 66.4 Å². The van der Waals surface area contributed by atoms with Crippen molar-refractivity contribution in [3.8, 4) is 5.75 Å². The summed E-state index contributed by atoms with van der Waals surface area (Å²) in [5.41, 5.74) is 0.0987. The zero-order valence-electron chi connectivity index (χ0n) is 27.6. The summed E-state index contributed by atoms with van der Waals surface area (Å²) in [6.45, 7) is 10.5. The Kier molecular flexibility index (Phi) is 10.4. The quantitative estimate of drug-likeness (QED) is 0.219. The second-order valence-electron chi connectivity index (χ2n) is 13.3. The SMILES string of the molecule is C=CCN(C(=O)[C@H]1[C@H]2C(=O)N([C@H](CO)c3ccccc3)C(C(=O)N(CC=C)C3CCCCC3)C23CC(Br)[C@@H]1O3)c1ccc(OCC)cc1. The van der Waals surface area contributed by atoms with E-state index in [9.17, 15) is 14.7 Å². The van der Waals surface area contributed by atoms with Gasteiger partial charge in [-0.1, -0.05) is 77.7 Å². The molecule has 6 rings (SSSR count). The number of benzene rings is 2. The van der Waals surface area contributed by atoms with Crippen molar-refractivity contribution >= 4 is 39.3 Å². The lowest BCUT2D eigenvalue weighted by molar-refractivity contribution is -0.153. The minimum atomic E-state index is -1.26. The van der Waals surface area contributed by atoms with Gasteiger partial charge in [-0.2, -0.15) is 0 Å². The van der Waals surface area contributed by atoms with E-state index in [-0.39, 0.29) is 41.7 Å². The summed E-state index contributed by atoms with van der Waals surface area (Å²) in [5.74, 6) is -1.91. The first-order chi connectivity index (χ1) is 23.3. The number of carbonyl (C=O) groups excluding carboxylic acids is 3. The van der Waals surface area contributed by atoms with Crippen molar-refractivity contribution < 1.29 is 29.0 Å². The van der Waals surface area contributed by atoms with Crippen molar-refractivity contribution in [3.63, 3.8) is 0 Å². The monoisotopic (exact) mass is 719 g/mol. The number of fused-ring (bicyclic) bond motifs is 1. The van der Waals surface area contributed by atoms with Gasteiger partial charge in [0.15, 0.2) is 0 Å². The second kappa shape index (κ2) is 14.6. The van der Waals surface area contributed by atoms with Crippen LogP contribution in [0.1, 0.15) is 57.1 Å². The first-order valence-corrected chi connectivity index (χ1v) is 18.1. The highest BCUT2D eigenvalue weighted by atomic mass is 79.9. The molecule has 1 saturated carbocycles. The molecule has 7 atom stereocenters. The van der Waals surface area contributed by atoms with Crippen molar-refractivity contribution in [2.75, 3.05) is 31.2 Å². The van der Waals surface area contributed by atoms with E-state index >= 15 is 4.79 Å². The fourth-order valence-corrected chi connectivity index (χ4v) is 9.57. The Labute approximate surface area is 291 Å². The van der Waals surface area contributed by atoms with Gasteiger partial charge < -0.3 is 29.3 Å². The summed E-state index contributed by atoms with van der Waals surface area (Å²) < 4.78 is 12.5. The molecule has 2 aromatic carbocycles. The zero-order valence-corrected chi connectivity index (χ0v) is 29.2. The van der Waals surface area contributed by atoms with E-state index in [4.69, 9.17) is 9.47 Å². The summed E-state index contributed by atoms with van der Waals surface area (Å²) in [6, 6.07) is 14.8. The molecule has 3 amide bonds. The molecule has 4 aliphatic rings. The van der Waals surface area contributed by atoms with Crippen LogP contribution in [-0.4, -0.2) is 87.5 Å². The fourth-order valence-electron chi connectivity index (χ4n) is 8.62. The number of hydrogen-bond acceptors (Lipinski definition) is 6. The zero-order chi connectivity index (χ0) is 34.0. The smallest absolute Gasteiger partial charge is 0.248 e. The molecule has 3 unspecified atom stereocenters. The lowest BCUT2D eigenvalue weighted by atomic mass is 9.70. The standard InChI is InChI=1S/C38H46BrN3O6/c1-4-21-40(27-17-19-28(20-18-27)47-6-3)35(44)31-32-36(45)42(30(24-43)25-13-9-7-10-14-25)34(38(32)23-29(39)33(31)48-38)37(46)41(22-5-2)26-15-11-8-12-16-26/h4-5,7,9-10,13-14,17-20,26,29-34,43H,1-2,6,8,11-12,15-16,21-24H2,3H3/t29?,30-,31+,32+,33+,34?,38?/m1/s1. The molecule has 10 heteroatoms. The Bertz CT molecular complexity index is 1500. The number of anilines is 1. The Morgan fingerprint density at radius 1 is 1.06 bits per heavy atom. The summed E-state index contributed by atoms with van der Waals surface area (Å²) in [6.07, 6.45) is 8.10. The average Bonchev–Trinajstić information content (AvgIpc) is 3.71. The number of carbonyl (C=O) groups is 3. The third-order valence-corrected chi connectivity index (χ3v) is 11.4. The van der Waals surface area contributed by atoms with Gasteiger partial charge in [-0.25, -0.2) is 0 Å². The first-order valence-electron chi connectivity index (χ1n) is 17.2. The molecular weight excluding hydrogens is 674 g/mol. The van der Waals surface area contributed by atoms with Crippen LogP contribution in [0.15, 0.2) is 79.9 Å². The maximum atomic E-state index is 15.1. The molecule has 256 valence electrons. The van der Waals surface area contributed by atoms with E-state index in [1.165, 1.54) is 0 Å². The number of aliphatic hydroxyl groups is 1. The fraction of sp³-hybridized carbons (Fsp3) is 0.500. The van der Waals surface area contributed by atoms with Crippen molar-refractivity contribution in [2.24, 2.45) is 11.8 Å². The van der Waals surface area contributed by atoms with Crippen LogP contribution < -0.4 is 9.64 Å². The highest BCUT2D eigenvalue weighted by Crippen LogP contribution is 2.61. The molecule has 48 heavy (non-hydrogen) atoms. The number of amides is 3. The number of alkyl halides is 1. The average molecular weight is 721 g/mol.